The maximum Gasteiger partial charge on any atom is 0.306 e. The summed E-state index contributed by atoms with van der Waals surface area (Å²) in [4.78, 5) is 10.9. The number of carbonyl (C=O) groups is 1. The molecule has 1 atom stereocenters. The summed E-state index contributed by atoms with van der Waals surface area (Å²) in [7, 11) is 0. The van der Waals surface area contributed by atoms with Gasteiger partial charge in [-0.25, -0.2) is 0 Å². The highest BCUT2D eigenvalue weighted by Gasteiger charge is 2.16. The number of hydrogen-bond donors (Lipinski definition) is 2. The third kappa shape index (κ3) is 8.39. The molecule has 0 aliphatic rings. The van der Waals surface area contributed by atoms with Gasteiger partial charge in [-0.1, -0.05) is 6.42 Å². The van der Waals surface area contributed by atoms with Gasteiger partial charge in [-0.05, 0) is 39.7 Å². The maximum atomic E-state index is 10.9. The average Bonchev–Trinajstić information content (AvgIpc) is 2.15. The second-order valence-electron chi connectivity index (χ2n) is 4.03. The van der Waals surface area contributed by atoms with Crippen LogP contribution in [0.5, 0.6) is 0 Å². The zero-order valence-electron chi connectivity index (χ0n) is 9.74. The number of aliphatic carboxylic acids is 1. The van der Waals surface area contributed by atoms with E-state index in [4.69, 9.17) is 15.6 Å². The summed E-state index contributed by atoms with van der Waals surface area (Å²) >= 11 is 0. The fraction of sp³-hybridized carbons (Fsp3) is 0.909. The molecule has 4 heteroatoms. The van der Waals surface area contributed by atoms with Crippen LogP contribution in [-0.4, -0.2) is 30.3 Å². The fourth-order valence-corrected chi connectivity index (χ4v) is 1.37. The molecule has 0 spiro atoms. The number of rotatable bonds is 9. The van der Waals surface area contributed by atoms with Gasteiger partial charge in [-0.15, -0.1) is 0 Å². The predicted molar refractivity (Wildman–Crippen MR) is 59.7 cm³/mol. The van der Waals surface area contributed by atoms with E-state index >= 15 is 0 Å². The van der Waals surface area contributed by atoms with E-state index in [1.54, 1.807) is 0 Å². The molecule has 15 heavy (non-hydrogen) atoms. The molecule has 0 aliphatic heterocycles. The molecule has 0 aromatic heterocycles. The van der Waals surface area contributed by atoms with Crippen molar-refractivity contribution >= 4 is 5.97 Å². The number of carboxylic acid groups (broad SMARTS) is 1. The lowest BCUT2D eigenvalue weighted by Crippen LogP contribution is -2.17. The molecule has 3 N–H and O–H groups in total. The van der Waals surface area contributed by atoms with Crippen LogP contribution in [0.1, 0.15) is 39.5 Å². The molecule has 0 heterocycles. The van der Waals surface area contributed by atoms with E-state index in [9.17, 15) is 4.79 Å². The van der Waals surface area contributed by atoms with Crippen molar-refractivity contribution in [2.24, 2.45) is 11.7 Å². The summed E-state index contributed by atoms with van der Waals surface area (Å²) in [6.45, 7) is 5.06. The zero-order chi connectivity index (χ0) is 11.7. The van der Waals surface area contributed by atoms with Gasteiger partial charge in [0.15, 0.2) is 0 Å². The predicted octanol–water partition coefficient (Wildman–Crippen LogP) is 1.63. The molecule has 4 nitrogen and oxygen atoms in total. The van der Waals surface area contributed by atoms with Gasteiger partial charge in [0.2, 0.25) is 0 Å². The maximum absolute atomic E-state index is 10.9. The molecule has 0 fully saturated rings. The Labute approximate surface area is 91.8 Å². The van der Waals surface area contributed by atoms with E-state index in [0.717, 1.165) is 12.8 Å². The van der Waals surface area contributed by atoms with E-state index in [0.29, 0.717) is 26.0 Å². The molecule has 0 saturated heterocycles. The minimum absolute atomic E-state index is 0.170. The van der Waals surface area contributed by atoms with Gasteiger partial charge in [0, 0.05) is 6.61 Å². The number of hydrogen-bond acceptors (Lipinski definition) is 3. The van der Waals surface area contributed by atoms with E-state index in [2.05, 4.69) is 0 Å². The number of carboxylic acids is 1. The Morgan fingerprint density at radius 1 is 1.33 bits per heavy atom. The van der Waals surface area contributed by atoms with Crippen molar-refractivity contribution in [3.63, 3.8) is 0 Å². The van der Waals surface area contributed by atoms with Gasteiger partial charge in [-0.3, -0.25) is 4.79 Å². The Morgan fingerprint density at radius 2 is 2.00 bits per heavy atom. The van der Waals surface area contributed by atoms with Gasteiger partial charge >= 0.3 is 5.97 Å². The first-order valence-electron chi connectivity index (χ1n) is 5.62. The van der Waals surface area contributed by atoms with Gasteiger partial charge in [0.1, 0.15) is 0 Å². The van der Waals surface area contributed by atoms with Gasteiger partial charge in [0.25, 0.3) is 0 Å². The van der Waals surface area contributed by atoms with Crippen LogP contribution in [0.25, 0.3) is 0 Å². The van der Waals surface area contributed by atoms with Crippen LogP contribution < -0.4 is 5.73 Å². The smallest absolute Gasteiger partial charge is 0.306 e. The van der Waals surface area contributed by atoms with Crippen LogP contribution in [0, 0.1) is 5.92 Å². The summed E-state index contributed by atoms with van der Waals surface area (Å²) in [5.41, 5.74) is 5.36. The zero-order valence-corrected chi connectivity index (χ0v) is 9.74. The van der Waals surface area contributed by atoms with Crippen LogP contribution in [-0.2, 0) is 9.53 Å². The van der Waals surface area contributed by atoms with Crippen LogP contribution in [0.15, 0.2) is 0 Å². The number of unbranched alkanes of at least 4 members (excludes halogenated alkanes) is 1. The molecule has 90 valence electrons. The van der Waals surface area contributed by atoms with Crippen molar-refractivity contribution in [1.82, 2.24) is 0 Å². The summed E-state index contributed by atoms with van der Waals surface area (Å²) in [5.74, 6) is -1.00. The van der Waals surface area contributed by atoms with Crippen molar-refractivity contribution in [2.45, 2.75) is 45.6 Å². The molecule has 0 radical (unpaired) electrons. The lowest BCUT2D eigenvalue weighted by Gasteiger charge is -2.13. The first-order chi connectivity index (χ1) is 7.07. The molecule has 1 unspecified atom stereocenters. The number of nitrogens with two attached hydrogens (primary N) is 1. The Hall–Kier alpha value is -0.610. The molecular weight excluding hydrogens is 194 g/mol. The monoisotopic (exact) mass is 217 g/mol. The van der Waals surface area contributed by atoms with Crippen LogP contribution in [0.3, 0.4) is 0 Å². The van der Waals surface area contributed by atoms with E-state index in [1.807, 2.05) is 13.8 Å². The summed E-state index contributed by atoms with van der Waals surface area (Å²) in [5, 5.41) is 8.95. The first-order valence-corrected chi connectivity index (χ1v) is 5.62. The van der Waals surface area contributed by atoms with Crippen molar-refractivity contribution < 1.29 is 14.6 Å². The van der Waals surface area contributed by atoms with Crippen LogP contribution in [0.4, 0.5) is 0 Å². The Bertz CT molecular complexity index is 171. The highest BCUT2D eigenvalue weighted by molar-refractivity contribution is 5.69. The second-order valence-corrected chi connectivity index (χ2v) is 4.03. The quantitative estimate of drug-likeness (QED) is 0.576. The fourth-order valence-electron chi connectivity index (χ4n) is 1.37. The Morgan fingerprint density at radius 3 is 2.47 bits per heavy atom. The van der Waals surface area contributed by atoms with Gasteiger partial charge in [-0.2, -0.15) is 0 Å². The van der Waals surface area contributed by atoms with E-state index in [1.165, 1.54) is 0 Å². The average molecular weight is 217 g/mol. The van der Waals surface area contributed by atoms with Crippen LogP contribution >= 0.6 is 0 Å². The van der Waals surface area contributed by atoms with Crippen molar-refractivity contribution in [3.8, 4) is 0 Å². The van der Waals surface area contributed by atoms with Crippen molar-refractivity contribution in [2.75, 3.05) is 13.2 Å². The van der Waals surface area contributed by atoms with Crippen molar-refractivity contribution in [3.05, 3.63) is 0 Å². The standard InChI is InChI=1S/C11H23NO3/c1-9(2)15-8-6-10(11(13)14)5-3-4-7-12/h9-10H,3-8,12H2,1-2H3,(H,13,14). The summed E-state index contributed by atoms with van der Waals surface area (Å²) in [6.07, 6.45) is 3.25. The molecule has 0 saturated carbocycles. The minimum Gasteiger partial charge on any atom is -0.481 e. The Kier molecular flexibility index (Phi) is 8.33. The summed E-state index contributed by atoms with van der Waals surface area (Å²) in [6, 6.07) is 0. The number of ether oxygens (including phenoxy) is 1. The Balaban J connectivity index is 3.69. The second kappa shape index (κ2) is 8.68. The molecule has 0 aromatic rings. The molecule has 0 rings (SSSR count). The van der Waals surface area contributed by atoms with Crippen molar-refractivity contribution in [1.29, 1.82) is 0 Å². The highest BCUT2D eigenvalue weighted by Crippen LogP contribution is 2.13. The lowest BCUT2D eigenvalue weighted by molar-refractivity contribution is -0.142. The minimum atomic E-state index is -0.723. The van der Waals surface area contributed by atoms with E-state index < -0.39 is 5.97 Å². The third-order valence-corrected chi connectivity index (χ3v) is 2.27. The molecule has 0 aromatic carbocycles. The van der Waals surface area contributed by atoms with Gasteiger partial charge in [0.05, 0.1) is 12.0 Å². The molecule has 0 bridgehead atoms. The van der Waals surface area contributed by atoms with Crippen LogP contribution in [0.2, 0.25) is 0 Å². The summed E-state index contributed by atoms with van der Waals surface area (Å²) < 4.78 is 5.34. The lowest BCUT2D eigenvalue weighted by atomic mass is 9.99. The van der Waals surface area contributed by atoms with Gasteiger partial charge < -0.3 is 15.6 Å². The third-order valence-electron chi connectivity index (χ3n) is 2.27. The first kappa shape index (κ1) is 14.4. The SMILES string of the molecule is CC(C)OCCC(CCCCN)C(=O)O. The topological polar surface area (TPSA) is 72.5 Å². The highest BCUT2D eigenvalue weighted by atomic mass is 16.5. The largest absolute Gasteiger partial charge is 0.481 e. The molecule has 0 aliphatic carbocycles. The molecule has 0 amide bonds. The van der Waals surface area contributed by atoms with E-state index in [-0.39, 0.29) is 12.0 Å². The normalized spacial score (nSPS) is 13.1. The molecular formula is C11H23NO3.